The minimum absolute atomic E-state index is 0.221. The van der Waals surface area contributed by atoms with Crippen LogP contribution in [0.4, 0.5) is 18.9 Å². The molecular formula is C12H9F3IN3O. The molecule has 1 heterocycles. The quantitative estimate of drug-likeness (QED) is 0.811. The topological polar surface area (TPSA) is 46.9 Å². The van der Waals surface area contributed by atoms with Crippen LogP contribution in [0.15, 0.2) is 36.7 Å². The first-order chi connectivity index (χ1) is 9.35. The summed E-state index contributed by atoms with van der Waals surface area (Å²) in [7, 11) is 0. The van der Waals surface area contributed by atoms with E-state index in [0.717, 1.165) is 14.4 Å². The van der Waals surface area contributed by atoms with E-state index < -0.39 is 12.7 Å². The van der Waals surface area contributed by atoms with Crippen LogP contribution in [-0.2, 0) is 6.54 Å². The van der Waals surface area contributed by atoms with Crippen molar-refractivity contribution in [3.63, 3.8) is 0 Å². The second-order valence-electron chi connectivity index (χ2n) is 3.98. The fourth-order valence-corrected chi connectivity index (χ4v) is 2.17. The molecule has 0 saturated carbocycles. The SMILES string of the molecule is O=C(Nc1cnn(CC(F)(F)F)c1)c1ccccc1I. The molecule has 0 radical (unpaired) electrons. The lowest BCUT2D eigenvalue weighted by Crippen LogP contribution is -2.18. The maximum atomic E-state index is 12.2. The summed E-state index contributed by atoms with van der Waals surface area (Å²) in [6.45, 7) is -1.19. The summed E-state index contributed by atoms with van der Waals surface area (Å²) in [6, 6.07) is 6.91. The Morgan fingerprint density at radius 2 is 2.05 bits per heavy atom. The Bertz CT molecular complexity index is 624. The monoisotopic (exact) mass is 395 g/mol. The van der Waals surface area contributed by atoms with Crippen LogP contribution >= 0.6 is 22.6 Å². The molecule has 8 heteroatoms. The number of carbonyl (C=O) groups is 1. The van der Waals surface area contributed by atoms with Crippen molar-refractivity contribution in [2.24, 2.45) is 0 Å². The summed E-state index contributed by atoms with van der Waals surface area (Å²) in [5.41, 5.74) is 0.676. The van der Waals surface area contributed by atoms with Crippen LogP contribution < -0.4 is 5.32 Å². The van der Waals surface area contributed by atoms with Crippen LogP contribution in [0.5, 0.6) is 0 Å². The van der Waals surface area contributed by atoms with Crippen molar-refractivity contribution >= 4 is 34.2 Å². The molecule has 2 rings (SSSR count). The maximum absolute atomic E-state index is 12.2. The van der Waals surface area contributed by atoms with Crippen molar-refractivity contribution in [2.75, 3.05) is 5.32 Å². The third-order valence-electron chi connectivity index (χ3n) is 2.35. The van der Waals surface area contributed by atoms with Gasteiger partial charge in [0.05, 0.1) is 17.4 Å². The van der Waals surface area contributed by atoms with Gasteiger partial charge in [-0.1, -0.05) is 12.1 Å². The van der Waals surface area contributed by atoms with Crippen molar-refractivity contribution in [1.82, 2.24) is 9.78 Å². The van der Waals surface area contributed by atoms with E-state index in [2.05, 4.69) is 10.4 Å². The summed E-state index contributed by atoms with van der Waals surface area (Å²) in [5.74, 6) is -0.387. The summed E-state index contributed by atoms with van der Waals surface area (Å²) >= 11 is 2.01. The number of hydrogen-bond donors (Lipinski definition) is 1. The predicted molar refractivity (Wildman–Crippen MR) is 75.4 cm³/mol. The molecule has 0 saturated heterocycles. The van der Waals surface area contributed by atoms with Crippen molar-refractivity contribution in [1.29, 1.82) is 0 Å². The van der Waals surface area contributed by atoms with E-state index in [1.54, 1.807) is 24.3 Å². The van der Waals surface area contributed by atoms with Gasteiger partial charge in [0, 0.05) is 9.77 Å². The second-order valence-corrected chi connectivity index (χ2v) is 5.14. The molecule has 0 aliphatic rings. The van der Waals surface area contributed by atoms with Crippen LogP contribution in [0.2, 0.25) is 0 Å². The molecule has 1 amide bonds. The molecule has 1 aromatic carbocycles. The van der Waals surface area contributed by atoms with E-state index in [4.69, 9.17) is 0 Å². The van der Waals surface area contributed by atoms with Crippen LogP contribution in [0.1, 0.15) is 10.4 Å². The maximum Gasteiger partial charge on any atom is 0.408 e. The van der Waals surface area contributed by atoms with Crippen molar-refractivity contribution in [3.05, 3.63) is 45.8 Å². The summed E-state index contributed by atoms with van der Waals surface area (Å²) in [4.78, 5) is 12.0. The molecule has 2 aromatic rings. The molecule has 0 atom stereocenters. The molecule has 0 aliphatic carbocycles. The van der Waals surface area contributed by atoms with Gasteiger partial charge >= 0.3 is 6.18 Å². The van der Waals surface area contributed by atoms with Crippen molar-refractivity contribution < 1.29 is 18.0 Å². The minimum Gasteiger partial charge on any atom is -0.319 e. The van der Waals surface area contributed by atoms with E-state index in [1.165, 1.54) is 6.20 Å². The highest BCUT2D eigenvalue weighted by molar-refractivity contribution is 14.1. The van der Waals surface area contributed by atoms with Gasteiger partial charge < -0.3 is 5.32 Å². The Morgan fingerprint density at radius 3 is 2.70 bits per heavy atom. The van der Waals surface area contributed by atoms with Gasteiger partial charge in [-0.05, 0) is 34.7 Å². The van der Waals surface area contributed by atoms with Gasteiger partial charge in [-0.2, -0.15) is 18.3 Å². The number of rotatable bonds is 3. The largest absolute Gasteiger partial charge is 0.408 e. The van der Waals surface area contributed by atoms with Crippen LogP contribution in [-0.4, -0.2) is 21.9 Å². The van der Waals surface area contributed by atoms with Crippen LogP contribution in [0.25, 0.3) is 0 Å². The number of nitrogens with zero attached hydrogens (tertiary/aromatic N) is 2. The Hall–Kier alpha value is -1.58. The van der Waals surface area contributed by atoms with Gasteiger partial charge in [0.25, 0.3) is 5.91 Å². The van der Waals surface area contributed by atoms with E-state index in [0.29, 0.717) is 5.56 Å². The first-order valence-corrected chi connectivity index (χ1v) is 6.58. The number of benzene rings is 1. The van der Waals surface area contributed by atoms with E-state index in [-0.39, 0.29) is 11.6 Å². The summed E-state index contributed by atoms with van der Waals surface area (Å²) in [5, 5.41) is 6.06. The molecule has 106 valence electrons. The number of alkyl halides is 3. The van der Waals surface area contributed by atoms with Gasteiger partial charge in [0.2, 0.25) is 0 Å². The molecule has 1 N–H and O–H groups in total. The molecule has 1 aromatic heterocycles. The molecular weight excluding hydrogens is 386 g/mol. The normalized spacial score (nSPS) is 11.4. The predicted octanol–water partition coefficient (Wildman–Crippen LogP) is 3.30. The number of amides is 1. The summed E-state index contributed by atoms with van der Waals surface area (Å²) < 4.78 is 38.0. The number of aromatic nitrogens is 2. The fraction of sp³-hybridized carbons (Fsp3) is 0.167. The van der Waals surface area contributed by atoms with E-state index in [9.17, 15) is 18.0 Å². The minimum atomic E-state index is -4.35. The third-order valence-corrected chi connectivity index (χ3v) is 3.29. The highest BCUT2D eigenvalue weighted by Gasteiger charge is 2.28. The first kappa shape index (κ1) is 14.8. The standard InChI is InChI=1S/C12H9F3IN3O/c13-12(14,15)7-19-6-8(5-17-19)18-11(20)9-3-1-2-4-10(9)16/h1-6H,7H2,(H,18,20). The Kier molecular flexibility index (Phi) is 4.31. The lowest BCUT2D eigenvalue weighted by Gasteiger charge is -2.06. The third kappa shape index (κ3) is 3.95. The molecule has 0 fully saturated rings. The highest BCUT2D eigenvalue weighted by atomic mass is 127. The average molecular weight is 395 g/mol. The average Bonchev–Trinajstić information content (AvgIpc) is 2.74. The molecule has 0 spiro atoms. The van der Waals surface area contributed by atoms with Gasteiger partial charge in [0.1, 0.15) is 6.54 Å². The number of anilines is 1. The zero-order chi connectivity index (χ0) is 14.8. The van der Waals surface area contributed by atoms with Crippen molar-refractivity contribution in [2.45, 2.75) is 12.7 Å². The first-order valence-electron chi connectivity index (χ1n) is 5.50. The number of nitrogens with one attached hydrogen (secondary N) is 1. The van der Waals surface area contributed by atoms with E-state index in [1.807, 2.05) is 22.6 Å². The second kappa shape index (κ2) is 5.81. The molecule has 0 aliphatic heterocycles. The molecule has 4 nitrogen and oxygen atoms in total. The lowest BCUT2D eigenvalue weighted by atomic mass is 10.2. The number of carbonyl (C=O) groups excluding carboxylic acids is 1. The Labute approximate surface area is 126 Å². The molecule has 0 unspecified atom stereocenters. The zero-order valence-corrected chi connectivity index (χ0v) is 12.1. The Morgan fingerprint density at radius 1 is 1.35 bits per heavy atom. The van der Waals surface area contributed by atoms with Gasteiger partial charge in [0.15, 0.2) is 0 Å². The van der Waals surface area contributed by atoms with Crippen molar-refractivity contribution in [3.8, 4) is 0 Å². The molecule has 0 bridgehead atoms. The lowest BCUT2D eigenvalue weighted by molar-refractivity contribution is -0.142. The van der Waals surface area contributed by atoms with Gasteiger partial charge in [-0.25, -0.2) is 0 Å². The fourth-order valence-electron chi connectivity index (χ4n) is 1.54. The van der Waals surface area contributed by atoms with Gasteiger partial charge in [-0.3, -0.25) is 9.48 Å². The van der Waals surface area contributed by atoms with Crippen LogP contribution in [0, 0.1) is 3.57 Å². The number of halogens is 4. The van der Waals surface area contributed by atoms with E-state index >= 15 is 0 Å². The smallest absolute Gasteiger partial charge is 0.319 e. The Balaban J connectivity index is 2.08. The zero-order valence-electron chi connectivity index (χ0n) is 9.99. The number of hydrogen-bond acceptors (Lipinski definition) is 2. The van der Waals surface area contributed by atoms with Gasteiger partial charge in [-0.15, -0.1) is 0 Å². The highest BCUT2D eigenvalue weighted by Crippen LogP contribution is 2.19. The molecule has 20 heavy (non-hydrogen) atoms. The summed E-state index contributed by atoms with van der Waals surface area (Å²) in [6.07, 6.45) is -2.03. The van der Waals surface area contributed by atoms with Crippen LogP contribution in [0.3, 0.4) is 0 Å².